The van der Waals surface area contributed by atoms with E-state index in [0.29, 0.717) is 18.0 Å². The van der Waals surface area contributed by atoms with Gasteiger partial charge in [0.15, 0.2) is 11.5 Å². The number of pyridine rings is 1. The number of ether oxygens (including phenoxy) is 1. The molecular formula is C19H21NO5. The van der Waals surface area contributed by atoms with Crippen molar-refractivity contribution in [2.75, 3.05) is 7.11 Å². The highest BCUT2D eigenvalue weighted by molar-refractivity contribution is 6.08. The molecule has 0 aliphatic rings. The molecule has 132 valence electrons. The second-order valence-corrected chi connectivity index (χ2v) is 5.58. The normalized spacial score (nSPS) is 11.0. The molecule has 1 aromatic carbocycles. The molecule has 2 rings (SSSR count). The van der Waals surface area contributed by atoms with Gasteiger partial charge in [-0.15, -0.1) is 0 Å². The Morgan fingerprint density at radius 2 is 2.00 bits per heavy atom. The van der Waals surface area contributed by atoms with E-state index in [1.807, 2.05) is 6.92 Å². The molecule has 0 fully saturated rings. The fraction of sp³-hybridized carbons (Fsp3) is 0.263. The predicted octanol–water partition coefficient (Wildman–Crippen LogP) is 2.96. The van der Waals surface area contributed by atoms with Gasteiger partial charge in [-0.25, -0.2) is 0 Å². The number of allylic oxidation sites excluding steroid dienone is 1. The van der Waals surface area contributed by atoms with E-state index in [-0.39, 0.29) is 17.1 Å². The predicted molar refractivity (Wildman–Crippen MR) is 95.3 cm³/mol. The number of carbonyl (C=O) groups is 1. The Balaban J connectivity index is 2.30. The Morgan fingerprint density at radius 1 is 1.24 bits per heavy atom. The molecule has 6 heteroatoms. The lowest BCUT2D eigenvalue weighted by Gasteiger charge is -2.10. The molecule has 0 amide bonds. The molecule has 0 aliphatic carbocycles. The van der Waals surface area contributed by atoms with Crippen LogP contribution in [0.5, 0.6) is 17.2 Å². The summed E-state index contributed by atoms with van der Waals surface area (Å²) in [4.78, 5) is 24.0. The molecule has 0 atom stereocenters. The van der Waals surface area contributed by atoms with Gasteiger partial charge in [-0.2, -0.15) is 0 Å². The number of aryl methyl sites for hydroxylation is 1. The number of aromatic nitrogens is 1. The number of methoxy groups -OCH3 is 1. The summed E-state index contributed by atoms with van der Waals surface area (Å²) in [5, 5.41) is 19.5. The Bertz CT molecular complexity index is 851. The first-order valence-corrected chi connectivity index (χ1v) is 7.99. The second-order valence-electron chi connectivity index (χ2n) is 5.58. The summed E-state index contributed by atoms with van der Waals surface area (Å²) < 4.78 is 6.71. The molecule has 0 spiro atoms. The van der Waals surface area contributed by atoms with Gasteiger partial charge in [0.2, 0.25) is 5.43 Å². The Hall–Kier alpha value is -3.02. The number of carbonyl (C=O) groups excluding carboxylic acids is 1. The molecule has 6 nitrogen and oxygen atoms in total. The monoisotopic (exact) mass is 343 g/mol. The van der Waals surface area contributed by atoms with Crippen molar-refractivity contribution in [3.63, 3.8) is 0 Å². The van der Waals surface area contributed by atoms with Crippen molar-refractivity contribution in [1.82, 2.24) is 4.57 Å². The quantitative estimate of drug-likeness (QED) is 0.596. The minimum absolute atomic E-state index is 0.137. The van der Waals surface area contributed by atoms with Crippen molar-refractivity contribution in [3.8, 4) is 17.2 Å². The molecular weight excluding hydrogens is 322 g/mol. The summed E-state index contributed by atoms with van der Waals surface area (Å²) in [6.07, 6.45) is 5.98. The van der Waals surface area contributed by atoms with Gasteiger partial charge in [-0.05, 0) is 30.7 Å². The van der Waals surface area contributed by atoms with E-state index in [1.165, 1.54) is 43.7 Å². The number of nitrogens with zero attached hydrogens (tertiary/aromatic N) is 1. The van der Waals surface area contributed by atoms with Crippen LogP contribution in [0.25, 0.3) is 6.08 Å². The zero-order valence-corrected chi connectivity index (χ0v) is 14.2. The van der Waals surface area contributed by atoms with Gasteiger partial charge in [-0.3, -0.25) is 9.59 Å². The number of rotatable bonds is 7. The summed E-state index contributed by atoms with van der Waals surface area (Å²) in [7, 11) is 1.47. The van der Waals surface area contributed by atoms with Gasteiger partial charge in [0.05, 0.1) is 18.9 Å². The number of phenols is 1. The van der Waals surface area contributed by atoms with Crippen LogP contribution in [0.4, 0.5) is 0 Å². The third-order valence-electron chi connectivity index (χ3n) is 3.77. The van der Waals surface area contributed by atoms with E-state index < -0.39 is 11.2 Å². The summed E-state index contributed by atoms with van der Waals surface area (Å²) in [6.45, 7) is 2.65. The number of phenolic OH excluding ortho intramolecular Hbond substituents is 1. The highest BCUT2D eigenvalue weighted by atomic mass is 16.5. The van der Waals surface area contributed by atoms with Crippen LogP contribution < -0.4 is 10.2 Å². The van der Waals surface area contributed by atoms with Crippen molar-refractivity contribution < 1.29 is 19.7 Å². The molecule has 0 aliphatic heterocycles. The largest absolute Gasteiger partial charge is 0.507 e. The summed E-state index contributed by atoms with van der Waals surface area (Å²) >= 11 is 0. The van der Waals surface area contributed by atoms with Crippen molar-refractivity contribution in [2.45, 2.75) is 26.3 Å². The topological polar surface area (TPSA) is 88.8 Å². The summed E-state index contributed by atoms with van der Waals surface area (Å²) in [5.74, 6) is -0.455. The molecule has 0 saturated carbocycles. The lowest BCUT2D eigenvalue weighted by Crippen LogP contribution is -2.10. The van der Waals surface area contributed by atoms with Gasteiger partial charge >= 0.3 is 0 Å². The highest BCUT2D eigenvalue weighted by Gasteiger charge is 2.10. The van der Waals surface area contributed by atoms with Crippen LogP contribution in [0.2, 0.25) is 0 Å². The van der Waals surface area contributed by atoms with E-state index in [0.717, 1.165) is 12.8 Å². The minimum atomic E-state index is -0.507. The van der Waals surface area contributed by atoms with Gasteiger partial charge in [0, 0.05) is 24.4 Å². The molecule has 25 heavy (non-hydrogen) atoms. The van der Waals surface area contributed by atoms with E-state index in [4.69, 9.17) is 4.74 Å². The molecule has 2 aromatic rings. The van der Waals surface area contributed by atoms with Gasteiger partial charge in [0.25, 0.3) is 0 Å². The maximum absolute atomic E-state index is 12.3. The molecule has 2 N–H and O–H groups in total. The van der Waals surface area contributed by atoms with Crippen molar-refractivity contribution in [1.29, 1.82) is 0 Å². The van der Waals surface area contributed by atoms with E-state index in [9.17, 15) is 19.8 Å². The second kappa shape index (κ2) is 8.19. The van der Waals surface area contributed by atoms with E-state index in [1.54, 1.807) is 10.6 Å². The Kier molecular flexibility index (Phi) is 6.00. The van der Waals surface area contributed by atoms with Crippen LogP contribution in [0, 0.1) is 0 Å². The molecule has 0 radical (unpaired) electrons. The maximum atomic E-state index is 12.3. The number of ketones is 1. The maximum Gasteiger partial charge on any atom is 0.223 e. The number of benzene rings is 1. The van der Waals surface area contributed by atoms with Crippen LogP contribution in [0.1, 0.15) is 35.8 Å². The van der Waals surface area contributed by atoms with Crippen LogP contribution in [-0.4, -0.2) is 27.7 Å². The first-order chi connectivity index (χ1) is 12.0. The van der Waals surface area contributed by atoms with Crippen LogP contribution in [0.3, 0.4) is 0 Å². The van der Waals surface area contributed by atoms with Crippen LogP contribution in [-0.2, 0) is 6.54 Å². The average Bonchev–Trinajstić information content (AvgIpc) is 2.60. The highest BCUT2D eigenvalue weighted by Crippen LogP contribution is 2.24. The number of hydrogen-bond donors (Lipinski definition) is 2. The lowest BCUT2D eigenvalue weighted by atomic mass is 10.1. The van der Waals surface area contributed by atoms with Gasteiger partial charge < -0.3 is 19.5 Å². The van der Waals surface area contributed by atoms with Crippen molar-refractivity contribution >= 4 is 11.9 Å². The van der Waals surface area contributed by atoms with Gasteiger partial charge in [-0.1, -0.05) is 13.3 Å². The summed E-state index contributed by atoms with van der Waals surface area (Å²) in [5.41, 5.74) is 0.142. The molecule has 1 heterocycles. The molecule has 0 bridgehead atoms. The molecule has 0 unspecified atom stereocenters. The third-order valence-corrected chi connectivity index (χ3v) is 3.77. The zero-order valence-electron chi connectivity index (χ0n) is 14.2. The third kappa shape index (κ3) is 4.50. The Labute approximate surface area is 145 Å². The average molecular weight is 343 g/mol. The summed E-state index contributed by atoms with van der Waals surface area (Å²) in [6, 6.07) is 5.70. The number of hydrogen-bond acceptors (Lipinski definition) is 5. The van der Waals surface area contributed by atoms with Crippen LogP contribution >= 0.6 is 0 Å². The van der Waals surface area contributed by atoms with Gasteiger partial charge in [0.1, 0.15) is 11.5 Å². The molecule has 0 saturated heterocycles. The fourth-order valence-electron chi connectivity index (χ4n) is 2.34. The van der Waals surface area contributed by atoms with E-state index >= 15 is 0 Å². The SMILES string of the molecule is CCCCn1cc(O)c(=O)cc1C=CC(=O)c1ccc(OC)cc1O. The van der Waals surface area contributed by atoms with Crippen LogP contribution in [0.15, 0.2) is 41.3 Å². The number of aromatic hydroxyl groups is 2. The van der Waals surface area contributed by atoms with Crippen molar-refractivity contribution in [2.24, 2.45) is 0 Å². The first-order valence-electron chi connectivity index (χ1n) is 7.99. The first kappa shape index (κ1) is 18.3. The minimum Gasteiger partial charge on any atom is -0.507 e. The van der Waals surface area contributed by atoms with Crippen molar-refractivity contribution in [3.05, 3.63) is 58.0 Å². The fourth-order valence-corrected chi connectivity index (χ4v) is 2.34. The van der Waals surface area contributed by atoms with E-state index in [2.05, 4.69) is 0 Å². The standard InChI is InChI=1S/C19H21NO5/c1-3-4-9-20-12-19(24)18(23)10-13(20)5-8-16(21)15-7-6-14(25-2)11-17(15)22/h5-8,10-12,22,24H,3-4,9H2,1-2H3. The number of unbranched alkanes of at least 4 members (excludes halogenated alkanes) is 1. The molecule has 1 aromatic heterocycles. The Morgan fingerprint density at radius 3 is 2.64 bits per heavy atom. The smallest absolute Gasteiger partial charge is 0.223 e. The lowest BCUT2D eigenvalue weighted by molar-refractivity contribution is 0.104. The zero-order chi connectivity index (χ0) is 18.4.